The Morgan fingerprint density at radius 2 is 1.68 bits per heavy atom. The first-order valence-corrected chi connectivity index (χ1v) is 6.34. The smallest absolute Gasteiger partial charge is 0.152 e. The molecule has 0 fully saturated rings. The van der Waals surface area contributed by atoms with Crippen LogP contribution in [-0.4, -0.2) is 11.2 Å². The molecule has 0 aliphatic heterocycles. The third-order valence-corrected chi connectivity index (χ3v) is 3.05. The fourth-order valence-electron chi connectivity index (χ4n) is 1.82. The van der Waals surface area contributed by atoms with E-state index in [2.05, 4.69) is 9.98 Å². The Bertz CT molecular complexity index is 733. The van der Waals surface area contributed by atoms with E-state index >= 15 is 0 Å². The van der Waals surface area contributed by atoms with Gasteiger partial charge < -0.3 is 0 Å². The summed E-state index contributed by atoms with van der Waals surface area (Å²) in [4.78, 5) is 8.86. The lowest BCUT2D eigenvalue weighted by molar-refractivity contribution is 1.34. The summed E-state index contributed by atoms with van der Waals surface area (Å²) in [6.07, 6.45) is 1.79. The molecule has 0 radical (unpaired) electrons. The molecule has 0 amide bonds. The van der Waals surface area contributed by atoms with Gasteiger partial charge in [0.2, 0.25) is 0 Å². The van der Waals surface area contributed by atoms with Crippen LogP contribution in [0.5, 0.6) is 0 Å². The fraction of sp³-hybridized carbons (Fsp3) is 0. The SMILES string of the molecule is Clc1ccc(C=Nc2ccc3ccccc3n2)cc1. The molecule has 19 heavy (non-hydrogen) atoms. The molecule has 0 aliphatic carbocycles. The van der Waals surface area contributed by atoms with Gasteiger partial charge in [0.05, 0.1) is 5.52 Å². The molecule has 0 aliphatic rings. The third kappa shape index (κ3) is 2.80. The standard InChI is InChI=1S/C16H11ClN2/c17-14-8-5-12(6-9-14)11-18-16-10-7-13-3-1-2-4-15(13)19-16/h1-11H. The number of para-hydroxylation sites is 1. The van der Waals surface area contributed by atoms with Crippen molar-refractivity contribution in [1.29, 1.82) is 0 Å². The van der Waals surface area contributed by atoms with Gasteiger partial charge in [0.25, 0.3) is 0 Å². The van der Waals surface area contributed by atoms with Crippen LogP contribution in [0.15, 0.2) is 65.7 Å². The molecule has 0 unspecified atom stereocenters. The zero-order chi connectivity index (χ0) is 13.1. The second kappa shape index (κ2) is 5.21. The predicted octanol–water partition coefficient (Wildman–Crippen LogP) is 4.64. The van der Waals surface area contributed by atoms with Crippen molar-refractivity contribution in [3.05, 3.63) is 71.2 Å². The summed E-state index contributed by atoms with van der Waals surface area (Å²) in [7, 11) is 0. The number of aliphatic imine (C=N–C) groups is 1. The van der Waals surface area contributed by atoms with Crippen LogP contribution in [0, 0.1) is 0 Å². The van der Waals surface area contributed by atoms with E-state index in [0.29, 0.717) is 5.82 Å². The number of pyridine rings is 1. The van der Waals surface area contributed by atoms with Crippen LogP contribution in [0.4, 0.5) is 5.82 Å². The summed E-state index contributed by atoms with van der Waals surface area (Å²) >= 11 is 5.84. The van der Waals surface area contributed by atoms with E-state index in [4.69, 9.17) is 11.6 Å². The number of halogens is 1. The van der Waals surface area contributed by atoms with Gasteiger partial charge in [-0.15, -0.1) is 0 Å². The fourth-order valence-corrected chi connectivity index (χ4v) is 1.94. The lowest BCUT2D eigenvalue weighted by Gasteiger charge is -1.98. The Morgan fingerprint density at radius 1 is 0.895 bits per heavy atom. The molecule has 0 bridgehead atoms. The molecule has 0 atom stereocenters. The van der Waals surface area contributed by atoms with Crippen molar-refractivity contribution in [2.45, 2.75) is 0 Å². The van der Waals surface area contributed by atoms with Gasteiger partial charge in [-0.2, -0.15) is 0 Å². The minimum absolute atomic E-state index is 0.702. The molecule has 0 N–H and O–H groups in total. The van der Waals surface area contributed by atoms with Crippen LogP contribution in [0.1, 0.15) is 5.56 Å². The van der Waals surface area contributed by atoms with Crippen molar-refractivity contribution in [3.8, 4) is 0 Å². The van der Waals surface area contributed by atoms with Gasteiger partial charge >= 0.3 is 0 Å². The average molecular weight is 267 g/mol. The second-order valence-electron chi connectivity index (χ2n) is 4.17. The summed E-state index contributed by atoms with van der Waals surface area (Å²) in [6, 6.07) is 19.5. The molecule has 92 valence electrons. The average Bonchev–Trinajstić information content (AvgIpc) is 2.46. The van der Waals surface area contributed by atoms with E-state index in [1.165, 1.54) is 0 Å². The number of fused-ring (bicyclic) bond motifs is 1. The quantitative estimate of drug-likeness (QED) is 0.621. The highest BCUT2D eigenvalue weighted by Crippen LogP contribution is 2.16. The van der Waals surface area contributed by atoms with Gasteiger partial charge in [0.1, 0.15) is 0 Å². The van der Waals surface area contributed by atoms with Crippen molar-refractivity contribution in [3.63, 3.8) is 0 Å². The van der Waals surface area contributed by atoms with Crippen LogP contribution in [0.3, 0.4) is 0 Å². The van der Waals surface area contributed by atoms with Crippen molar-refractivity contribution in [1.82, 2.24) is 4.98 Å². The van der Waals surface area contributed by atoms with Crippen molar-refractivity contribution in [2.24, 2.45) is 4.99 Å². The highest BCUT2D eigenvalue weighted by atomic mass is 35.5. The van der Waals surface area contributed by atoms with Crippen molar-refractivity contribution in [2.75, 3.05) is 0 Å². The van der Waals surface area contributed by atoms with Crippen LogP contribution in [0.25, 0.3) is 10.9 Å². The molecule has 3 heteroatoms. The molecule has 0 spiro atoms. The second-order valence-corrected chi connectivity index (χ2v) is 4.61. The third-order valence-electron chi connectivity index (χ3n) is 2.80. The minimum atomic E-state index is 0.702. The van der Waals surface area contributed by atoms with Crippen molar-refractivity contribution >= 4 is 34.5 Å². The van der Waals surface area contributed by atoms with Crippen LogP contribution >= 0.6 is 11.6 Å². The molecule has 1 aromatic heterocycles. The van der Waals surface area contributed by atoms with Crippen molar-refractivity contribution < 1.29 is 0 Å². The monoisotopic (exact) mass is 266 g/mol. The number of hydrogen-bond acceptors (Lipinski definition) is 2. The minimum Gasteiger partial charge on any atom is -0.237 e. The molecule has 2 nitrogen and oxygen atoms in total. The zero-order valence-electron chi connectivity index (χ0n) is 10.1. The molecule has 0 saturated carbocycles. The maximum atomic E-state index is 5.84. The number of benzene rings is 2. The topological polar surface area (TPSA) is 25.2 Å². The summed E-state index contributed by atoms with van der Waals surface area (Å²) < 4.78 is 0. The Hall–Kier alpha value is -2.19. The van der Waals surface area contributed by atoms with Gasteiger partial charge in [0.15, 0.2) is 5.82 Å². The highest BCUT2D eigenvalue weighted by molar-refractivity contribution is 6.30. The molecule has 3 aromatic rings. The summed E-state index contributed by atoms with van der Waals surface area (Å²) in [5.41, 5.74) is 1.95. The van der Waals surface area contributed by atoms with E-state index in [1.807, 2.05) is 60.7 Å². The summed E-state index contributed by atoms with van der Waals surface area (Å²) in [5, 5.41) is 1.84. The van der Waals surface area contributed by atoms with E-state index in [1.54, 1.807) is 6.21 Å². The Labute approximate surface area is 116 Å². The first-order chi connectivity index (χ1) is 9.31. The highest BCUT2D eigenvalue weighted by Gasteiger charge is 1.95. The van der Waals surface area contributed by atoms with Gasteiger partial charge in [-0.25, -0.2) is 9.98 Å². The largest absolute Gasteiger partial charge is 0.237 e. The maximum Gasteiger partial charge on any atom is 0.152 e. The predicted molar refractivity (Wildman–Crippen MR) is 80.4 cm³/mol. The maximum absolute atomic E-state index is 5.84. The van der Waals surface area contributed by atoms with Crippen LogP contribution < -0.4 is 0 Å². The zero-order valence-corrected chi connectivity index (χ0v) is 10.9. The molecule has 2 aromatic carbocycles. The molecular weight excluding hydrogens is 256 g/mol. The van der Waals surface area contributed by atoms with E-state index in [9.17, 15) is 0 Å². The first-order valence-electron chi connectivity index (χ1n) is 5.97. The Morgan fingerprint density at radius 3 is 2.53 bits per heavy atom. The van der Waals surface area contributed by atoms with Gasteiger partial charge in [0, 0.05) is 16.6 Å². The van der Waals surface area contributed by atoms with E-state index in [-0.39, 0.29) is 0 Å². The molecule has 1 heterocycles. The summed E-state index contributed by atoms with van der Waals surface area (Å²) in [5.74, 6) is 0.702. The number of hydrogen-bond donors (Lipinski definition) is 0. The number of nitrogens with zero attached hydrogens (tertiary/aromatic N) is 2. The van der Waals surface area contributed by atoms with E-state index < -0.39 is 0 Å². The molecular formula is C16H11ClN2. The van der Waals surface area contributed by atoms with Gasteiger partial charge in [-0.1, -0.05) is 41.9 Å². The van der Waals surface area contributed by atoms with Crippen LogP contribution in [0.2, 0.25) is 5.02 Å². The van der Waals surface area contributed by atoms with Gasteiger partial charge in [-0.05, 0) is 35.9 Å². The van der Waals surface area contributed by atoms with Gasteiger partial charge in [-0.3, -0.25) is 0 Å². The molecule has 0 saturated heterocycles. The molecule has 3 rings (SSSR count). The Kier molecular flexibility index (Phi) is 3.25. The van der Waals surface area contributed by atoms with E-state index in [0.717, 1.165) is 21.5 Å². The lowest BCUT2D eigenvalue weighted by Crippen LogP contribution is -1.82. The Balaban J connectivity index is 1.90. The lowest BCUT2D eigenvalue weighted by atomic mass is 10.2. The first kappa shape index (κ1) is 11.9. The van der Waals surface area contributed by atoms with Crippen LogP contribution in [-0.2, 0) is 0 Å². The normalized spacial score (nSPS) is 11.2. The summed E-state index contributed by atoms with van der Waals surface area (Å²) in [6.45, 7) is 0. The number of aromatic nitrogens is 1. The number of rotatable bonds is 2.